The monoisotopic (exact) mass is 190 g/mol. The molecular formula is C8H12F2N2O. The molecule has 0 aliphatic carbocycles. The molecule has 3 nitrogen and oxygen atoms in total. The van der Waals surface area contributed by atoms with Crippen molar-refractivity contribution in [3.05, 3.63) is 17.3 Å². The molecule has 0 radical (unpaired) electrons. The van der Waals surface area contributed by atoms with Crippen LogP contribution in [0.5, 0.6) is 0 Å². The van der Waals surface area contributed by atoms with E-state index >= 15 is 0 Å². The zero-order valence-corrected chi connectivity index (χ0v) is 7.77. The minimum Gasteiger partial charge on any atom is -0.438 e. The Morgan fingerprint density at radius 3 is 2.46 bits per heavy atom. The van der Waals surface area contributed by atoms with Crippen LogP contribution in [0.2, 0.25) is 0 Å². The largest absolute Gasteiger partial charge is 0.438 e. The Balaban J connectivity index is 2.95. The van der Waals surface area contributed by atoms with Gasteiger partial charge in [-0.3, -0.25) is 0 Å². The first-order valence-electron chi connectivity index (χ1n) is 3.99. The van der Waals surface area contributed by atoms with E-state index in [-0.39, 0.29) is 17.5 Å². The molecule has 0 fully saturated rings. The number of hydrogen-bond donors (Lipinski definition) is 1. The molecule has 5 heteroatoms. The van der Waals surface area contributed by atoms with Crippen molar-refractivity contribution < 1.29 is 13.2 Å². The normalized spacial score (nSPS) is 13.7. The van der Waals surface area contributed by atoms with Crippen molar-refractivity contribution in [2.45, 2.75) is 26.3 Å². The summed E-state index contributed by atoms with van der Waals surface area (Å²) in [6.45, 7) is 3.30. The topological polar surface area (TPSA) is 38.1 Å². The second-order valence-corrected chi connectivity index (χ2v) is 2.81. The van der Waals surface area contributed by atoms with Gasteiger partial charge in [0, 0.05) is 0 Å². The minimum atomic E-state index is -2.59. The van der Waals surface area contributed by atoms with E-state index < -0.39 is 6.43 Å². The summed E-state index contributed by atoms with van der Waals surface area (Å²) in [6.07, 6.45) is -2.59. The quantitative estimate of drug-likeness (QED) is 0.794. The molecule has 0 bridgehead atoms. The molecule has 0 saturated heterocycles. The van der Waals surface area contributed by atoms with Crippen LogP contribution in [-0.4, -0.2) is 12.0 Å². The molecule has 13 heavy (non-hydrogen) atoms. The van der Waals surface area contributed by atoms with E-state index in [1.165, 1.54) is 6.92 Å². The zero-order valence-electron chi connectivity index (χ0n) is 7.77. The van der Waals surface area contributed by atoms with Crippen LogP contribution in [0.25, 0.3) is 0 Å². The van der Waals surface area contributed by atoms with E-state index in [9.17, 15) is 8.78 Å². The SMILES string of the molecule is CNC(C)c1nc(C)c(C(F)F)o1. The maximum Gasteiger partial charge on any atom is 0.297 e. The average Bonchev–Trinajstić information content (AvgIpc) is 2.46. The van der Waals surface area contributed by atoms with Crippen molar-refractivity contribution in [3.8, 4) is 0 Å². The van der Waals surface area contributed by atoms with Crippen molar-refractivity contribution in [2.24, 2.45) is 0 Å². The summed E-state index contributed by atoms with van der Waals surface area (Å²) in [5.41, 5.74) is 0.257. The van der Waals surface area contributed by atoms with E-state index in [4.69, 9.17) is 4.42 Å². The molecule has 1 N–H and O–H groups in total. The third kappa shape index (κ3) is 2.03. The van der Waals surface area contributed by atoms with E-state index in [1.54, 1.807) is 14.0 Å². The molecule has 1 rings (SSSR count). The lowest BCUT2D eigenvalue weighted by Gasteiger charge is -2.03. The molecule has 0 amide bonds. The second-order valence-electron chi connectivity index (χ2n) is 2.81. The fourth-order valence-corrected chi connectivity index (χ4v) is 0.941. The van der Waals surface area contributed by atoms with Gasteiger partial charge < -0.3 is 9.73 Å². The average molecular weight is 190 g/mol. The van der Waals surface area contributed by atoms with Crippen LogP contribution >= 0.6 is 0 Å². The number of rotatable bonds is 3. The molecule has 1 unspecified atom stereocenters. The fourth-order valence-electron chi connectivity index (χ4n) is 0.941. The van der Waals surface area contributed by atoms with Gasteiger partial charge in [-0.15, -0.1) is 0 Å². The molecule has 0 aromatic carbocycles. The van der Waals surface area contributed by atoms with Crippen molar-refractivity contribution in [2.75, 3.05) is 7.05 Å². The van der Waals surface area contributed by atoms with Crippen LogP contribution in [0.15, 0.2) is 4.42 Å². The van der Waals surface area contributed by atoms with Crippen molar-refractivity contribution in [1.29, 1.82) is 0 Å². The zero-order chi connectivity index (χ0) is 10.0. The third-order valence-electron chi connectivity index (χ3n) is 1.85. The number of nitrogens with one attached hydrogen (secondary N) is 1. The van der Waals surface area contributed by atoms with Gasteiger partial charge in [0.1, 0.15) is 0 Å². The summed E-state index contributed by atoms with van der Waals surface area (Å²) < 4.78 is 29.4. The smallest absolute Gasteiger partial charge is 0.297 e. The summed E-state index contributed by atoms with van der Waals surface area (Å²) in [4.78, 5) is 3.89. The van der Waals surface area contributed by atoms with Crippen molar-refractivity contribution >= 4 is 0 Å². The van der Waals surface area contributed by atoms with Gasteiger partial charge in [0.25, 0.3) is 6.43 Å². The molecule has 0 saturated carbocycles. The predicted molar refractivity (Wildman–Crippen MR) is 43.7 cm³/mol. The number of halogens is 2. The molecule has 1 atom stereocenters. The lowest BCUT2D eigenvalue weighted by Crippen LogP contribution is -2.12. The number of hydrogen-bond acceptors (Lipinski definition) is 3. The van der Waals surface area contributed by atoms with Gasteiger partial charge in [-0.25, -0.2) is 13.8 Å². The number of alkyl halides is 2. The Hall–Kier alpha value is -0.970. The molecule has 1 heterocycles. The molecule has 74 valence electrons. The number of aryl methyl sites for hydroxylation is 1. The third-order valence-corrected chi connectivity index (χ3v) is 1.85. The van der Waals surface area contributed by atoms with E-state index in [0.717, 1.165) is 0 Å². The predicted octanol–water partition coefficient (Wildman–Crippen LogP) is 2.20. The molecule has 0 aliphatic heterocycles. The highest BCUT2D eigenvalue weighted by molar-refractivity contribution is 5.10. The number of aromatic nitrogens is 1. The summed E-state index contributed by atoms with van der Waals surface area (Å²) in [5, 5.41) is 2.86. The minimum absolute atomic E-state index is 0.147. The van der Waals surface area contributed by atoms with Crippen LogP contribution in [-0.2, 0) is 0 Å². The first-order chi connectivity index (χ1) is 6.06. The molecule has 1 aromatic rings. The van der Waals surface area contributed by atoms with Gasteiger partial charge in [0.2, 0.25) is 5.89 Å². The molecule has 1 aromatic heterocycles. The Morgan fingerprint density at radius 1 is 1.46 bits per heavy atom. The standard InChI is InChI=1S/C8H12F2N2O/c1-4-6(7(9)10)13-8(12-4)5(2)11-3/h5,7,11H,1-3H3. The Kier molecular flexibility index (Phi) is 2.98. The highest BCUT2D eigenvalue weighted by atomic mass is 19.3. The molecular weight excluding hydrogens is 178 g/mol. The van der Waals surface area contributed by atoms with Gasteiger partial charge in [-0.1, -0.05) is 0 Å². The Morgan fingerprint density at radius 2 is 2.08 bits per heavy atom. The molecule has 0 spiro atoms. The summed E-state index contributed by atoms with van der Waals surface area (Å²) in [7, 11) is 1.71. The lowest BCUT2D eigenvalue weighted by atomic mass is 10.3. The van der Waals surface area contributed by atoms with Gasteiger partial charge in [0.15, 0.2) is 5.76 Å². The second kappa shape index (κ2) is 3.83. The van der Waals surface area contributed by atoms with E-state index in [0.29, 0.717) is 5.89 Å². The van der Waals surface area contributed by atoms with Gasteiger partial charge >= 0.3 is 0 Å². The summed E-state index contributed by atoms with van der Waals surface area (Å²) >= 11 is 0. The summed E-state index contributed by atoms with van der Waals surface area (Å²) in [6, 6.07) is -0.147. The Bertz CT molecular complexity index is 286. The van der Waals surface area contributed by atoms with E-state index in [1.807, 2.05) is 0 Å². The van der Waals surface area contributed by atoms with Crippen molar-refractivity contribution in [1.82, 2.24) is 10.3 Å². The highest BCUT2D eigenvalue weighted by Gasteiger charge is 2.20. The van der Waals surface area contributed by atoms with Crippen LogP contribution in [0, 0.1) is 6.92 Å². The maximum atomic E-state index is 12.3. The van der Waals surface area contributed by atoms with Crippen LogP contribution < -0.4 is 5.32 Å². The molecule has 0 aliphatic rings. The highest BCUT2D eigenvalue weighted by Crippen LogP contribution is 2.25. The summed E-state index contributed by atoms with van der Waals surface area (Å²) in [5.74, 6) is -0.0348. The number of oxazole rings is 1. The van der Waals surface area contributed by atoms with E-state index in [2.05, 4.69) is 10.3 Å². The first-order valence-corrected chi connectivity index (χ1v) is 3.99. The maximum absolute atomic E-state index is 12.3. The first kappa shape index (κ1) is 10.1. The Labute approximate surface area is 75.2 Å². The van der Waals surface area contributed by atoms with Crippen LogP contribution in [0.4, 0.5) is 8.78 Å². The van der Waals surface area contributed by atoms with Gasteiger partial charge in [0.05, 0.1) is 11.7 Å². The van der Waals surface area contributed by atoms with Crippen LogP contribution in [0.3, 0.4) is 0 Å². The van der Waals surface area contributed by atoms with Gasteiger partial charge in [-0.2, -0.15) is 0 Å². The van der Waals surface area contributed by atoms with Gasteiger partial charge in [-0.05, 0) is 20.9 Å². The lowest BCUT2D eigenvalue weighted by molar-refractivity contribution is 0.118. The van der Waals surface area contributed by atoms with Crippen molar-refractivity contribution in [3.63, 3.8) is 0 Å². The van der Waals surface area contributed by atoms with Crippen LogP contribution in [0.1, 0.15) is 36.7 Å². The number of nitrogens with zero attached hydrogens (tertiary/aromatic N) is 1. The fraction of sp³-hybridized carbons (Fsp3) is 0.625.